The number of hydrogen-bond donors (Lipinski definition) is 2. The third kappa shape index (κ3) is 5.82. The molecule has 6 nitrogen and oxygen atoms in total. The highest BCUT2D eigenvalue weighted by molar-refractivity contribution is 6.04. The molecule has 0 heterocycles. The van der Waals surface area contributed by atoms with E-state index in [1.165, 1.54) is 4.90 Å². The molecule has 2 aromatic rings. The summed E-state index contributed by atoms with van der Waals surface area (Å²) in [4.78, 5) is 26.4. The minimum absolute atomic E-state index is 0.0390. The van der Waals surface area contributed by atoms with E-state index in [2.05, 4.69) is 10.6 Å². The molecule has 0 atom stereocenters. The van der Waals surface area contributed by atoms with E-state index < -0.39 is 0 Å². The van der Waals surface area contributed by atoms with E-state index in [1.54, 1.807) is 39.4 Å². The summed E-state index contributed by atoms with van der Waals surface area (Å²) in [6.07, 6.45) is 1.09. The van der Waals surface area contributed by atoms with Crippen LogP contribution in [-0.2, 0) is 11.2 Å². The smallest absolute Gasteiger partial charge is 0.253 e. The Hall–Kier alpha value is -2.86. The number of benzene rings is 2. The second-order valence-corrected chi connectivity index (χ2v) is 6.18. The van der Waals surface area contributed by atoms with E-state index in [0.717, 1.165) is 17.7 Å². The lowest BCUT2D eigenvalue weighted by molar-refractivity contribution is -0.118. The highest BCUT2D eigenvalue weighted by Gasteiger charge is 2.17. The van der Waals surface area contributed by atoms with Crippen molar-refractivity contribution in [3.05, 3.63) is 59.7 Å². The van der Waals surface area contributed by atoms with Gasteiger partial charge in [0.25, 0.3) is 5.91 Å². The highest BCUT2D eigenvalue weighted by Crippen LogP contribution is 2.20. The third-order valence-corrected chi connectivity index (χ3v) is 4.33. The molecule has 0 saturated heterocycles. The summed E-state index contributed by atoms with van der Waals surface area (Å²) < 4.78 is 5.14. The summed E-state index contributed by atoms with van der Waals surface area (Å²) in [5.41, 5.74) is 2.22. The van der Waals surface area contributed by atoms with Crippen molar-refractivity contribution in [2.24, 2.45) is 0 Å². The third-order valence-electron chi connectivity index (χ3n) is 4.33. The minimum Gasteiger partial charge on any atom is -0.497 e. The predicted molar refractivity (Wildman–Crippen MR) is 107 cm³/mol. The summed E-state index contributed by atoms with van der Waals surface area (Å²) >= 11 is 0. The maximum absolute atomic E-state index is 12.6. The average Bonchev–Trinajstić information content (AvgIpc) is 2.71. The minimum atomic E-state index is -0.188. The first-order valence-corrected chi connectivity index (χ1v) is 8.98. The van der Waals surface area contributed by atoms with Crippen LogP contribution in [0.1, 0.15) is 22.3 Å². The molecule has 0 aliphatic rings. The van der Waals surface area contributed by atoms with E-state index in [0.29, 0.717) is 30.8 Å². The van der Waals surface area contributed by atoms with Crippen molar-refractivity contribution in [3.63, 3.8) is 0 Å². The van der Waals surface area contributed by atoms with E-state index in [9.17, 15) is 9.59 Å². The summed E-state index contributed by atoms with van der Waals surface area (Å²) in [5.74, 6) is 0.581. The summed E-state index contributed by atoms with van der Waals surface area (Å²) in [6, 6.07) is 14.9. The fraction of sp³-hybridized carbons (Fsp3) is 0.333. The first kappa shape index (κ1) is 20.5. The van der Waals surface area contributed by atoms with Crippen LogP contribution in [0.4, 0.5) is 5.69 Å². The van der Waals surface area contributed by atoms with E-state index in [4.69, 9.17) is 4.74 Å². The quantitative estimate of drug-likeness (QED) is 0.711. The van der Waals surface area contributed by atoms with Crippen molar-refractivity contribution in [2.45, 2.75) is 12.8 Å². The second-order valence-electron chi connectivity index (χ2n) is 6.18. The van der Waals surface area contributed by atoms with Crippen LogP contribution in [-0.4, -0.2) is 46.1 Å². The first-order chi connectivity index (χ1) is 13.1. The molecule has 0 aromatic heterocycles. The molecule has 0 unspecified atom stereocenters. The molecule has 27 heavy (non-hydrogen) atoms. The van der Waals surface area contributed by atoms with Gasteiger partial charge < -0.3 is 20.3 Å². The maximum Gasteiger partial charge on any atom is 0.253 e. The Balaban J connectivity index is 1.98. The van der Waals surface area contributed by atoms with Gasteiger partial charge in [0.2, 0.25) is 5.91 Å². The van der Waals surface area contributed by atoms with Crippen LogP contribution < -0.4 is 20.3 Å². The molecule has 0 radical (unpaired) electrons. The topological polar surface area (TPSA) is 70.7 Å². The normalized spacial score (nSPS) is 10.3. The van der Waals surface area contributed by atoms with E-state index in [1.807, 2.05) is 30.3 Å². The van der Waals surface area contributed by atoms with Crippen LogP contribution in [0.15, 0.2) is 48.5 Å². The Bertz CT molecular complexity index is 760. The van der Waals surface area contributed by atoms with Gasteiger partial charge in [0.15, 0.2) is 0 Å². The fourth-order valence-corrected chi connectivity index (χ4v) is 2.70. The van der Waals surface area contributed by atoms with Crippen molar-refractivity contribution in [1.82, 2.24) is 10.6 Å². The zero-order valence-electron chi connectivity index (χ0n) is 16.1. The number of para-hydroxylation sites is 1. The molecule has 144 valence electrons. The van der Waals surface area contributed by atoms with Crippen molar-refractivity contribution in [3.8, 4) is 5.75 Å². The number of anilines is 1. The molecule has 2 amide bonds. The van der Waals surface area contributed by atoms with Gasteiger partial charge in [-0.25, -0.2) is 0 Å². The van der Waals surface area contributed by atoms with Gasteiger partial charge in [-0.15, -0.1) is 0 Å². The lowest BCUT2D eigenvalue weighted by Gasteiger charge is -2.20. The van der Waals surface area contributed by atoms with Gasteiger partial charge in [-0.3, -0.25) is 9.59 Å². The molecule has 2 rings (SSSR count). The number of amides is 2. The van der Waals surface area contributed by atoms with Gasteiger partial charge >= 0.3 is 0 Å². The summed E-state index contributed by atoms with van der Waals surface area (Å²) in [7, 11) is 5.13. The Morgan fingerprint density at radius 3 is 2.41 bits per heavy atom. The molecule has 0 fully saturated rings. The lowest BCUT2D eigenvalue weighted by atomic mass is 10.1. The van der Waals surface area contributed by atoms with Gasteiger partial charge in [-0.05, 0) is 43.3 Å². The zero-order chi connectivity index (χ0) is 19.6. The van der Waals surface area contributed by atoms with Crippen LogP contribution in [0.2, 0.25) is 0 Å². The van der Waals surface area contributed by atoms with Crippen LogP contribution in [0.25, 0.3) is 0 Å². The van der Waals surface area contributed by atoms with Gasteiger partial charge in [0.1, 0.15) is 5.75 Å². The monoisotopic (exact) mass is 369 g/mol. The van der Waals surface area contributed by atoms with Gasteiger partial charge in [0.05, 0.1) is 18.4 Å². The number of nitrogens with zero attached hydrogens (tertiary/aromatic N) is 1. The van der Waals surface area contributed by atoms with Crippen molar-refractivity contribution in [2.75, 3.05) is 39.2 Å². The number of ether oxygens (including phenoxy) is 1. The largest absolute Gasteiger partial charge is 0.497 e. The molecule has 2 N–H and O–H groups in total. The second kappa shape index (κ2) is 10.3. The standard InChI is InChI=1S/C21H27N3O3/c1-22-14-13-20(25)24(2)19-7-5-4-6-18(19)21(26)23-15-12-16-8-10-17(27-3)11-9-16/h4-11,22H,12-15H2,1-3H3,(H,23,26). The molecule has 0 spiro atoms. The molecule has 0 bridgehead atoms. The number of carbonyl (C=O) groups is 2. The molecule has 2 aromatic carbocycles. The lowest BCUT2D eigenvalue weighted by Crippen LogP contribution is -2.32. The molecule has 0 aliphatic heterocycles. The molecule has 0 saturated carbocycles. The van der Waals surface area contributed by atoms with Gasteiger partial charge in [-0.2, -0.15) is 0 Å². The Labute approximate surface area is 160 Å². The van der Waals surface area contributed by atoms with Crippen LogP contribution in [0.3, 0.4) is 0 Å². The zero-order valence-corrected chi connectivity index (χ0v) is 16.1. The Kier molecular flexibility index (Phi) is 7.82. The predicted octanol–water partition coefficient (Wildman–Crippen LogP) is 2.24. The molecular weight excluding hydrogens is 342 g/mol. The Morgan fingerprint density at radius 2 is 1.74 bits per heavy atom. The van der Waals surface area contributed by atoms with E-state index in [-0.39, 0.29) is 11.8 Å². The molecule has 0 aliphatic carbocycles. The highest BCUT2D eigenvalue weighted by atomic mass is 16.5. The van der Waals surface area contributed by atoms with Gasteiger partial charge in [-0.1, -0.05) is 24.3 Å². The number of nitrogens with one attached hydrogen (secondary N) is 2. The van der Waals surface area contributed by atoms with Crippen LogP contribution in [0, 0.1) is 0 Å². The van der Waals surface area contributed by atoms with Crippen molar-refractivity contribution < 1.29 is 14.3 Å². The maximum atomic E-state index is 12.6. The SMILES string of the molecule is CNCCC(=O)N(C)c1ccccc1C(=O)NCCc1ccc(OC)cc1. The number of hydrogen-bond acceptors (Lipinski definition) is 4. The van der Waals surface area contributed by atoms with E-state index >= 15 is 0 Å². The fourth-order valence-electron chi connectivity index (χ4n) is 2.70. The number of carbonyl (C=O) groups excluding carboxylic acids is 2. The number of rotatable bonds is 9. The molecular formula is C21H27N3O3. The Morgan fingerprint density at radius 1 is 1.04 bits per heavy atom. The van der Waals surface area contributed by atoms with Crippen molar-refractivity contribution in [1.29, 1.82) is 0 Å². The summed E-state index contributed by atoms with van der Waals surface area (Å²) in [5, 5.41) is 5.89. The van der Waals surface area contributed by atoms with Crippen LogP contribution in [0.5, 0.6) is 5.75 Å². The number of methoxy groups -OCH3 is 1. The first-order valence-electron chi connectivity index (χ1n) is 8.98. The van der Waals surface area contributed by atoms with Crippen LogP contribution >= 0.6 is 0 Å². The average molecular weight is 369 g/mol. The molecule has 6 heteroatoms. The van der Waals surface area contributed by atoms with Crippen molar-refractivity contribution >= 4 is 17.5 Å². The summed E-state index contributed by atoms with van der Waals surface area (Å²) in [6.45, 7) is 1.11. The van der Waals surface area contributed by atoms with Gasteiger partial charge in [0, 0.05) is 26.6 Å².